The summed E-state index contributed by atoms with van der Waals surface area (Å²) < 4.78 is 5.83. The van der Waals surface area contributed by atoms with Crippen LogP contribution in [0.5, 0.6) is 5.75 Å². The van der Waals surface area contributed by atoms with Crippen LogP contribution in [-0.4, -0.2) is 23.9 Å². The lowest BCUT2D eigenvalue weighted by Crippen LogP contribution is -2.44. The van der Waals surface area contributed by atoms with Crippen LogP contribution >= 0.6 is 0 Å². The predicted octanol–water partition coefficient (Wildman–Crippen LogP) is 4.70. The van der Waals surface area contributed by atoms with Crippen molar-refractivity contribution >= 4 is 0 Å². The molecule has 1 aromatic carbocycles. The van der Waals surface area contributed by atoms with E-state index in [4.69, 9.17) is 10.5 Å². The average molecular weight is 348 g/mol. The lowest BCUT2D eigenvalue weighted by atomic mass is 9.88. The number of ether oxygens (including phenoxy) is 1. The molecule has 1 aliphatic rings. The zero-order chi connectivity index (χ0) is 18.1. The molecule has 1 aliphatic carbocycles. The zero-order valence-electron chi connectivity index (χ0n) is 16.2. The summed E-state index contributed by atoms with van der Waals surface area (Å²) in [6.07, 6.45) is 10.3. The highest BCUT2D eigenvalue weighted by Crippen LogP contribution is 2.37. The summed E-state index contributed by atoms with van der Waals surface area (Å²) >= 11 is 0. The van der Waals surface area contributed by atoms with E-state index in [1.54, 1.807) is 0 Å². The molecule has 3 heteroatoms. The molecule has 3 N–H and O–H groups in total. The molecule has 0 aliphatic heterocycles. The molecule has 1 atom stereocenters. The Morgan fingerprint density at radius 1 is 1.16 bits per heavy atom. The fourth-order valence-electron chi connectivity index (χ4n) is 3.31. The van der Waals surface area contributed by atoms with E-state index in [2.05, 4.69) is 38.1 Å². The first-order chi connectivity index (χ1) is 12.0. The van der Waals surface area contributed by atoms with Crippen LogP contribution in [0.25, 0.3) is 0 Å². The highest BCUT2D eigenvalue weighted by Gasteiger charge is 2.33. The minimum Gasteiger partial charge on any atom is -0.494 e. The second-order valence-corrected chi connectivity index (χ2v) is 8.40. The lowest BCUT2D eigenvalue weighted by molar-refractivity contribution is 0.172. The normalized spacial score (nSPS) is 16.8. The zero-order valence-corrected chi connectivity index (χ0v) is 16.2. The second kappa shape index (κ2) is 10.2. The van der Waals surface area contributed by atoms with Gasteiger partial charge in [0.1, 0.15) is 5.75 Å². The molecule has 3 nitrogen and oxygen atoms in total. The molecular formula is C22H37NO2. The van der Waals surface area contributed by atoms with Crippen molar-refractivity contribution in [2.75, 3.05) is 13.2 Å². The number of unbranched alkanes of at least 4 members (excludes halogenated alkanes) is 2. The fourth-order valence-corrected chi connectivity index (χ4v) is 3.31. The van der Waals surface area contributed by atoms with Gasteiger partial charge in [0.15, 0.2) is 0 Å². The monoisotopic (exact) mass is 347 g/mol. The van der Waals surface area contributed by atoms with Gasteiger partial charge in [0, 0.05) is 5.54 Å². The van der Waals surface area contributed by atoms with Gasteiger partial charge in [-0.2, -0.15) is 0 Å². The van der Waals surface area contributed by atoms with E-state index in [1.165, 1.54) is 37.7 Å². The van der Waals surface area contributed by atoms with Gasteiger partial charge in [-0.3, -0.25) is 0 Å². The van der Waals surface area contributed by atoms with Crippen LogP contribution in [0, 0.1) is 11.8 Å². The molecular weight excluding hydrogens is 310 g/mol. The Bertz CT molecular complexity index is 481. The van der Waals surface area contributed by atoms with Crippen molar-refractivity contribution in [3.8, 4) is 5.75 Å². The average Bonchev–Trinajstić information content (AvgIpc) is 3.41. The maximum absolute atomic E-state index is 9.63. The molecule has 1 fully saturated rings. The van der Waals surface area contributed by atoms with E-state index in [9.17, 15) is 5.11 Å². The standard InChI is InChI=1S/C22H37NO2/c1-18(2)6-4-3-5-15-25-21-11-9-19(10-12-21)13-14-22(23,17-24)16-20-7-8-20/h9-12,18,20,24H,3-8,13-17,23H2,1-2H3/t22-/m0/s1. The van der Waals surface area contributed by atoms with Crippen molar-refractivity contribution in [3.05, 3.63) is 29.8 Å². The van der Waals surface area contributed by atoms with E-state index in [-0.39, 0.29) is 6.61 Å². The minimum atomic E-state index is -0.410. The molecule has 0 heterocycles. The number of hydrogen-bond donors (Lipinski definition) is 2. The molecule has 25 heavy (non-hydrogen) atoms. The number of aliphatic hydroxyl groups excluding tert-OH is 1. The van der Waals surface area contributed by atoms with Gasteiger partial charge in [-0.15, -0.1) is 0 Å². The Morgan fingerprint density at radius 2 is 1.88 bits per heavy atom. The molecule has 1 saturated carbocycles. The highest BCUT2D eigenvalue weighted by atomic mass is 16.5. The molecule has 0 saturated heterocycles. The smallest absolute Gasteiger partial charge is 0.119 e. The van der Waals surface area contributed by atoms with Gasteiger partial charge in [-0.1, -0.05) is 58.1 Å². The first kappa shape index (κ1) is 20.3. The lowest BCUT2D eigenvalue weighted by Gasteiger charge is -2.27. The number of nitrogens with two attached hydrogens (primary N) is 1. The fraction of sp³-hybridized carbons (Fsp3) is 0.727. The van der Waals surface area contributed by atoms with E-state index in [0.29, 0.717) is 0 Å². The van der Waals surface area contributed by atoms with Crippen molar-refractivity contribution in [3.63, 3.8) is 0 Å². The van der Waals surface area contributed by atoms with Crippen molar-refractivity contribution in [2.24, 2.45) is 17.6 Å². The number of aryl methyl sites for hydroxylation is 1. The van der Waals surface area contributed by atoms with Crippen molar-refractivity contribution in [2.45, 2.75) is 77.2 Å². The van der Waals surface area contributed by atoms with Crippen molar-refractivity contribution in [1.29, 1.82) is 0 Å². The van der Waals surface area contributed by atoms with Gasteiger partial charge in [0.25, 0.3) is 0 Å². The van der Waals surface area contributed by atoms with E-state index < -0.39 is 5.54 Å². The quantitative estimate of drug-likeness (QED) is 0.508. The van der Waals surface area contributed by atoms with Crippen LogP contribution in [0.15, 0.2) is 24.3 Å². The van der Waals surface area contributed by atoms with Crippen LogP contribution in [-0.2, 0) is 6.42 Å². The second-order valence-electron chi connectivity index (χ2n) is 8.40. The molecule has 0 unspecified atom stereocenters. The highest BCUT2D eigenvalue weighted by molar-refractivity contribution is 5.27. The molecule has 0 radical (unpaired) electrons. The summed E-state index contributed by atoms with van der Waals surface area (Å²) in [4.78, 5) is 0. The van der Waals surface area contributed by atoms with Crippen LogP contribution < -0.4 is 10.5 Å². The molecule has 1 aromatic rings. The van der Waals surface area contributed by atoms with Crippen LogP contribution in [0.3, 0.4) is 0 Å². The molecule has 142 valence electrons. The summed E-state index contributed by atoms with van der Waals surface area (Å²) in [5.41, 5.74) is 7.22. The maximum atomic E-state index is 9.63. The van der Waals surface area contributed by atoms with Gasteiger partial charge in [-0.25, -0.2) is 0 Å². The van der Waals surface area contributed by atoms with Crippen LogP contribution in [0.1, 0.15) is 70.8 Å². The molecule has 0 bridgehead atoms. The van der Waals surface area contributed by atoms with Crippen LogP contribution in [0.2, 0.25) is 0 Å². The Balaban J connectivity index is 1.65. The van der Waals surface area contributed by atoms with Gasteiger partial charge in [0.05, 0.1) is 13.2 Å². The Labute approximate surface area is 154 Å². The molecule has 0 spiro atoms. The summed E-state index contributed by atoms with van der Waals surface area (Å²) in [7, 11) is 0. The summed E-state index contributed by atoms with van der Waals surface area (Å²) in [5.74, 6) is 2.50. The topological polar surface area (TPSA) is 55.5 Å². The Hall–Kier alpha value is -1.06. The summed E-state index contributed by atoms with van der Waals surface area (Å²) in [5, 5.41) is 9.63. The SMILES string of the molecule is CC(C)CCCCCOc1ccc(CC[C@@](N)(CO)CC2CC2)cc1. The molecule has 2 rings (SSSR count). The molecule has 0 aromatic heterocycles. The van der Waals surface area contributed by atoms with Crippen LogP contribution in [0.4, 0.5) is 0 Å². The van der Waals surface area contributed by atoms with Gasteiger partial charge < -0.3 is 15.6 Å². The number of hydrogen-bond acceptors (Lipinski definition) is 3. The number of rotatable bonds is 13. The molecule has 0 amide bonds. The summed E-state index contributed by atoms with van der Waals surface area (Å²) in [6, 6.07) is 8.37. The number of benzene rings is 1. The van der Waals surface area contributed by atoms with Gasteiger partial charge in [0.2, 0.25) is 0 Å². The first-order valence-corrected chi connectivity index (χ1v) is 10.1. The van der Waals surface area contributed by atoms with Gasteiger partial charge >= 0.3 is 0 Å². The number of aliphatic hydroxyl groups is 1. The third kappa shape index (κ3) is 8.24. The third-order valence-corrected chi connectivity index (χ3v) is 5.24. The maximum Gasteiger partial charge on any atom is 0.119 e. The Morgan fingerprint density at radius 3 is 2.48 bits per heavy atom. The summed E-state index contributed by atoms with van der Waals surface area (Å²) in [6.45, 7) is 5.44. The van der Waals surface area contributed by atoms with E-state index >= 15 is 0 Å². The first-order valence-electron chi connectivity index (χ1n) is 10.1. The Kier molecular flexibility index (Phi) is 8.25. The van der Waals surface area contributed by atoms with Gasteiger partial charge in [-0.05, 0) is 55.2 Å². The third-order valence-electron chi connectivity index (χ3n) is 5.24. The predicted molar refractivity (Wildman–Crippen MR) is 105 cm³/mol. The largest absolute Gasteiger partial charge is 0.494 e. The van der Waals surface area contributed by atoms with E-state index in [0.717, 1.165) is 49.9 Å². The van der Waals surface area contributed by atoms with Crippen molar-refractivity contribution in [1.82, 2.24) is 0 Å². The van der Waals surface area contributed by atoms with E-state index in [1.807, 2.05) is 0 Å². The van der Waals surface area contributed by atoms with Crippen molar-refractivity contribution < 1.29 is 9.84 Å². The minimum absolute atomic E-state index is 0.0848.